The van der Waals surface area contributed by atoms with Crippen LogP contribution in [0, 0.1) is 11.8 Å². The van der Waals surface area contributed by atoms with Crippen LogP contribution >= 0.6 is 0 Å². The van der Waals surface area contributed by atoms with Crippen molar-refractivity contribution in [3.05, 3.63) is 53.8 Å². The number of carbonyl (C=O) groups excluding carboxylic acids is 1. The molecule has 3 unspecified atom stereocenters. The summed E-state index contributed by atoms with van der Waals surface area (Å²) in [6.07, 6.45) is 8.66. The Hall–Kier alpha value is -2.27. The minimum absolute atomic E-state index is 0.530. The first-order valence-corrected chi connectivity index (χ1v) is 10.7. The number of carbonyl (C=O) groups is 1. The number of hydrogen-bond donors (Lipinski definition) is 1. The highest BCUT2D eigenvalue weighted by Gasteiger charge is 2.19. The molecule has 1 N–H and O–H groups in total. The first kappa shape index (κ1) is 23.0. The second kappa shape index (κ2) is 11.7. The Bertz CT molecular complexity index is 693. The number of allylic oxidation sites excluding steroid dienone is 3. The Morgan fingerprint density at radius 3 is 2.41 bits per heavy atom. The SMILES string of the molecule is CCC(C)CC(c1ccc(OC(C)OOC(=O)NC2=CCCC=C2)cc1)C(C)C. The summed E-state index contributed by atoms with van der Waals surface area (Å²) in [6, 6.07) is 8.12. The van der Waals surface area contributed by atoms with Crippen LogP contribution in [0.25, 0.3) is 0 Å². The predicted octanol–water partition coefficient (Wildman–Crippen LogP) is 6.48. The molecule has 0 bridgehead atoms. The topological polar surface area (TPSA) is 56.8 Å². The number of rotatable bonds is 10. The van der Waals surface area contributed by atoms with Crippen molar-refractivity contribution in [1.82, 2.24) is 5.32 Å². The molecular formula is C24H35NO4. The van der Waals surface area contributed by atoms with E-state index in [2.05, 4.69) is 45.1 Å². The summed E-state index contributed by atoms with van der Waals surface area (Å²) in [5.74, 6) is 2.49. The van der Waals surface area contributed by atoms with Gasteiger partial charge in [0.05, 0.1) is 0 Å². The summed E-state index contributed by atoms with van der Waals surface area (Å²) in [6.45, 7) is 10.8. The maximum Gasteiger partial charge on any atom is 0.443 e. The summed E-state index contributed by atoms with van der Waals surface area (Å²) >= 11 is 0. The number of hydrogen-bond acceptors (Lipinski definition) is 4. The third kappa shape index (κ3) is 7.94. The van der Waals surface area contributed by atoms with Crippen molar-refractivity contribution in [3.63, 3.8) is 0 Å². The number of amides is 1. The zero-order valence-electron chi connectivity index (χ0n) is 18.3. The van der Waals surface area contributed by atoms with Crippen LogP contribution < -0.4 is 10.1 Å². The maximum atomic E-state index is 11.8. The van der Waals surface area contributed by atoms with Gasteiger partial charge in [-0.1, -0.05) is 58.4 Å². The normalized spacial score (nSPS) is 16.7. The molecule has 1 aromatic carbocycles. The van der Waals surface area contributed by atoms with Gasteiger partial charge in [-0.15, -0.1) is 4.89 Å². The van der Waals surface area contributed by atoms with Crippen molar-refractivity contribution >= 4 is 6.09 Å². The average Bonchev–Trinajstić information content (AvgIpc) is 2.71. The predicted molar refractivity (Wildman–Crippen MR) is 115 cm³/mol. The molecule has 0 fully saturated rings. The summed E-state index contributed by atoms with van der Waals surface area (Å²) in [5.41, 5.74) is 2.04. The molecule has 0 spiro atoms. The van der Waals surface area contributed by atoms with Gasteiger partial charge in [0.1, 0.15) is 5.75 Å². The highest BCUT2D eigenvalue weighted by Crippen LogP contribution is 2.33. The van der Waals surface area contributed by atoms with Gasteiger partial charge < -0.3 is 4.74 Å². The minimum Gasteiger partial charge on any atom is -0.461 e. The lowest BCUT2D eigenvalue weighted by molar-refractivity contribution is -0.312. The Morgan fingerprint density at radius 1 is 1.10 bits per heavy atom. The molecule has 29 heavy (non-hydrogen) atoms. The first-order valence-electron chi connectivity index (χ1n) is 10.7. The zero-order chi connectivity index (χ0) is 21.2. The fraction of sp³-hybridized carbons (Fsp3) is 0.542. The fourth-order valence-corrected chi connectivity index (χ4v) is 3.35. The lowest BCUT2D eigenvalue weighted by Gasteiger charge is -2.24. The van der Waals surface area contributed by atoms with Crippen LogP contribution in [0.4, 0.5) is 4.79 Å². The second-order valence-electron chi connectivity index (χ2n) is 8.09. The highest BCUT2D eigenvalue weighted by molar-refractivity contribution is 5.69. The van der Waals surface area contributed by atoms with E-state index in [0.717, 1.165) is 12.8 Å². The van der Waals surface area contributed by atoms with Gasteiger partial charge in [-0.3, -0.25) is 10.2 Å². The smallest absolute Gasteiger partial charge is 0.443 e. The van der Waals surface area contributed by atoms with E-state index >= 15 is 0 Å². The summed E-state index contributed by atoms with van der Waals surface area (Å²) in [7, 11) is 0. The molecule has 2 rings (SSSR count). The largest absolute Gasteiger partial charge is 0.461 e. The Balaban J connectivity index is 1.82. The molecular weight excluding hydrogens is 366 g/mol. The van der Waals surface area contributed by atoms with Crippen LogP contribution in [-0.2, 0) is 9.78 Å². The third-order valence-corrected chi connectivity index (χ3v) is 5.27. The van der Waals surface area contributed by atoms with E-state index in [1.54, 1.807) is 6.92 Å². The lowest BCUT2D eigenvalue weighted by Crippen LogP contribution is -2.27. The summed E-state index contributed by atoms with van der Waals surface area (Å²) in [5, 5.41) is 2.62. The molecule has 0 saturated heterocycles. The molecule has 1 aromatic rings. The van der Waals surface area contributed by atoms with Crippen LogP contribution in [-0.4, -0.2) is 12.4 Å². The van der Waals surface area contributed by atoms with Gasteiger partial charge in [0.15, 0.2) is 0 Å². The van der Waals surface area contributed by atoms with Crippen LogP contribution in [0.5, 0.6) is 5.75 Å². The van der Waals surface area contributed by atoms with Crippen LogP contribution in [0.2, 0.25) is 0 Å². The van der Waals surface area contributed by atoms with E-state index in [4.69, 9.17) is 14.5 Å². The molecule has 5 nitrogen and oxygen atoms in total. The summed E-state index contributed by atoms with van der Waals surface area (Å²) < 4.78 is 5.70. The van der Waals surface area contributed by atoms with Gasteiger partial charge in [-0.05, 0) is 60.8 Å². The van der Waals surface area contributed by atoms with Crippen molar-refractivity contribution in [2.75, 3.05) is 0 Å². The van der Waals surface area contributed by atoms with E-state index in [-0.39, 0.29) is 0 Å². The molecule has 0 radical (unpaired) electrons. The van der Waals surface area contributed by atoms with E-state index in [1.165, 1.54) is 18.4 Å². The number of nitrogens with one attached hydrogen (secondary N) is 1. The molecule has 1 aliphatic carbocycles. The van der Waals surface area contributed by atoms with Crippen molar-refractivity contribution in [3.8, 4) is 5.75 Å². The first-order chi connectivity index (χ1) is 13.9. The zero-order valence-corrected chi connectivity index (χ0v) is 18.3. The number of benzene rings is 1. The van der Waals surface area contributed by atoms with Gasteiger partial charge in [0, 0.05) is 12.6 Å². The third-order valence-electron chi connectivity index (χ3n) is 5.27. The summed E-state index contributed by atoms with van der Waals surface area (Å²) in [4.78, 5) is 21.6. The Labute approximate surface area is 175 Å². The quantitative estimate of drug-likeness (QED) is 0.277. The van der Waals surface area contributed by atoms with Crippen LogP contribution in [0.3, 0.4) is 0 Å². The van der Waals surface area contributed by atoms with E-state index in [9.17, 15) is 4.79 Å². The Kier molecular flexibility index (Phi) is 9.26. The van der Waals surface area contributed by atoms with Crippen LogP contribution in [0.15, 0.2) is 48.2 Å². The van der Waals surface area contributed by atoms with E-state index in [0.29, 0.717) is 29.2 Å². The average molecular weight is 402 g/mol. The van der Waals surface area contributed by atoms with Gasteiger partial charge >= 0.3 is 6.09 Å². The standard InChI is InChI=1S/C24H35NO4/c1-6-18(4)16-23(17(2)3)20-12-14-22(15-13-20)27-19(5)28-29-24(26)25-21-10-8-7-9-11-21/h8,10-15,17-19,23H,6-7,9,16H2,1-5H3,(H,25,26). The fourth-order valence-electron chi connectivity index (χ4n) is 3.35. The van der Waals surface area contributed by atoms with Crippen LogP contribution in [0.1, 0.15) is 71.8 Å². The van der Waals surface area contributed by atoms with Gasteiger partial charge in [-0.2, -0.15) is 0 Å². The molecule has 1 aliphatic rings. The van der Waals surface area contributed by atoms with Crippen molar-refractivity contribution < 1.29 is 19.3 Å². The molecule has 0 aromatic heterocycles. The van der Waals surface area contributed by atoms with Crippen molar-refractivity contribution in [2.45, 2.75) is 72.5 Å². The minimum atomic E-state index is -0.719. The maximum absolute atomic E-state index is 11.8. The van der Waals surface area contributed by atoms with E-state index in [1.807, 2.05) is 30.4 Å². The molecule has 5 heteroatoms. The Morgan fingerprint density at radius 2 is 1.83 bits per heavy atom. The van der Waals surface area contributed by atoms with Crippen molar-refractivity contribution in [2.24, 2.45) is 11.8 Å². The molecule has 0 saturated carbocycles. The van der Waals surface area contributed by atoms with Gasteiger partial charge in [0.2, 0.25) is 6.29 Å². The molecule has 3 atom stereocenters. The molecule has 0 aliphatic heterocycles. The van der Waals surface area contributed by atoms with Gasteiger partial charge in [-0.25, -0.2) is 4.79 Å². The molecule has 160 valence electrons. The lowest BCUT2D eigenvalue weighted by atomic mass is 9.81. The van der Waals surface area contributed by atoms with Crippen molar-refractivity contribution in [1.29, 1.82) is 0 Å². The monoisotopic (exact) mass is 401 g/mol. The van der Waals surface area contributed by atoms with Gasteiger partial charge in [0.25, 0.3) is 0 Å². The number of ether oxygens (including phenoxy) is 1. The molecule has 1 amide bonds. The highest BCUT2D eigenvalue weighted by atomic mass is 17.2. The second-order valence-corrected chi connectivity index (χ2v) is 8.09. The van der Waals surface area contributed by atoms with E-state index < -0.39 is 12.4 Å². The molecule has 0 heterocycles.